The van der Waals surface area contributed by atoms with Crippen LogP contribution in [-0.2, 0) is 17.6 Å². The van der Waals surface area contributed by atoms with E-state index in [4.69, 9.17) is 10.5 Å². The molecule has 2 N–H and O–H groups in total. The molecule has 0 aliphatic carbocycles. The highest BCUT2D eigenvalue weighted by atomic mass is 16.5. The fourth-order valence-electron chi connectivity index (χ4n) is 2.01. The summed E-state index contributed by atoms with van der Waals surface area (Å²) in [5.41, 5.74) is 8.78. The van der Waals surface area contributed by atoms with Gasteiger partial charge < -0.3 is 10.5 Å². The predicted molar refractivity (Wildman–Crippen MR) is 61.8 cm³/mol. The lowest BCUT2D eigenvalue weighted by Crippen LogP contribution is -2.49. The number of benzene rings is 1. The van der Waals surface area contributed by atoms with Gasteiger partial charge >= 0.3 is 0 Å². The molecule has 15 heavy (non-hydrogen) atoms. The van der Waals surface area contributed by atoms with Gasteiger partial charge in [-0.25, -0.2) is 0 Å². The van der Waals surface area contributed by atoms with Crippen molar-refractivity contribution < 1.29 is 4.74 Å². The molecule has 0 saturated carbocycles. The Labute approximate surface area is 91.4 Å². The van der Waals surface area contributed by atoms with Crippen molar-refractivity contribution in [2.24, 2.45) is 11.1 Å². The lowest BCUT2D eigenvalue weighted by Gasteiger charge is -2.40. The van der Waals surface area contributed by atoms with Gasteiger partial charge in [-0.15, -0.1) is 0 Å². The van der Waals surface area contributed by atoms with Gasteiger partial charge in [0.1, 0.15) is 0 Å². The van der Waals surface area contributed by atoms with E-state index in [2.05, 4.69) is 31.2 Å². The molecule has 1 aromatic carbocycles. The van der Waals surface area contributed by atoms with E-state index in [1.54, 1.807) is 0 Å². The smallest absolute Gasteiger partial charge is 0.0560 e. The van der Waals surface area contributed by atoms with E-state index in [0.29, 0.717) is 0 Å². The average molecular weight is 205 g/mol. The van der Waals surface area contributed by atoms with Gasteiger partial charge in [0.25, 0.3) is 0 Å². The highest BCUT2D eigenvalue weighted by Gasteiger charge is 2.37. The zero-order valence-electron chi connectivity index (χ0n) is 9.33. The van der Waals surface area contributed by atoms with Crippen LogP contribution in [0.1, 0.15) is 18.1 Å². The Kier molecular flexibility index (Phi) is 3.08. The van der Waals surface area contributed by atoms with E-state index in [1.165, 1.54) is 11.1 Å². The van der Waals surface area contributed by atoms with Gasteiger partial charge in [0.2, 0.25) is 0 Å². The quantitative estimate of drug-likeness (QED) is 0.813. The van der Waals surface area contributed by atoms with Crippen molar-refractivity contribution in [3.63, 3.8) is 0 Å². The minimum Gasteiger partial charge on any atom is -0.380 e. The number of ether oxygens (including phenoxy) is 1. The Bertz CT molecular complexity index is 308. The Morgan fingerprint density at radius 2 is 1.80 bits per heavy atom. The summed E-state index contributed by atoms with van der Waals surface area (Å²) in [6.45, 7) is 4.54. The molecule has 2 nitrogen and oxygen atoms in total. The molecule has 0 bridgehead atoms. The maximum atomic E-state index is 5.79. The molecule has 1 heterocycles. The Morgan fingerprint density at radius 3 is 2.20 bits per heavy atom. The zero-order chi connectivity index (χ0) is 10.7. The zero-order valence-corrected chi connectivity index (χ0v) is 9.33. The predicted octanol–water partition coefficient (Wildman–Crippen LogP) is 1.77. The molecule has 0 amide bonds. The van der Waals surface area contributed by atoms with Gasteiger partial charge in [0.05, 0.1) is 13.2 Å². The Hall–Kier alpha value is -0.860. The van der Waals surface area contributed by atoms with Crippen molar-refractivity contribution in [1.29, 1.82) is 0 Å². The summed E-state index contributed by atoms with van der Waals surface area (Å²) in [5, 5.41) is 0. The fraction of sp³-hybridized carbons (Fsp3) is 0.538. The Balaban J connectivity index is 2.03. The minimum absolute atomic E-state index is 0.216. The van der Waals surface area contributed by atoms with Crippen molar-refractivity contribution in [1.82, 2.24) is 0 Å². The molecule has 1 fully saturated rings. The molecule has 1 saturated heterocycles. The summed E-state index contributed by atoms with van der Waals surface area (Å²) < 4.78 is 5.27. The second-order valence-corrected chi connectivity index (χ2v) is 4.54. The molecule has 0 radical (unpaired) electrons. The van der Waals surface area contributed by atoms with E-state index in [-0.39, 0.29) is 5.41 Å². The van der Waals surface area contributed by atoms with Crippen molar-refractivity contribution in [2.45, 2.75) is 19.8 Å². The van der Waals surface area contributed by atoms with Crippen LogP contribution < -0.4 is 5.73 Å². The summed E-state index contributed by atoms with van der Waals surface area (Å²) in [7, 11) is 0. The average Bonchev–Trinajstić information content (AvgIpc) is 2.24. The van der Waals surface area contributed by atoms with Crippen LogP contribution in [0.2, 0.25) is 0 Å². The number of hydrogen-bond donors (Lipinski definition) is 1. The van der Waals surface area contributed by atoms with E-state index in [1.807, 2.05) is 0 Å². The van der Waals surface area contributed by atoms with Gasteiger partial charge in [-0.1, -0.05) is 31.2 Å². The molecule has 0 aromatic heterocycles. The van der Waals surface area contributed by atoms with Gasteiger partial charge in [-0.2, -0.15) is 0 Å². The van der Waals surface area contributed by atoms with Crippen LogP contribution in [-0.4, -0.2) is 19.8 Å². The molecular weight excluding hydrogens is 186 g/mol. The molecule has 2 heteroatoms. The lowest BCUT2D eigenvalue weighted by atomic mass is 9.80. The second-order valence-electron chi connectivity index (χ2n) is 4.54. The Morgan fingerprint density at radius 1 is 1.20 bits per heavy atom. The summed E-state index contributed by atoms with van der Waals surface area (Å²) in [4.78, 5) is 0. The molecule has 1 aliphatic rings. The third-order valence-electron chi connectivity index (χ3n) is 3.26. The van der Waals surface area contributed by atoms with Crippen molar-refractivity contribution >= 4 is 0 Å². The van der Waals surface area contributed by atoms with Crippen LogP contribution in [0.3, 0.4) is 0 Å². The number of hydrogen-bond acceptors (Lipinski definition) is 2. The van der Waals surface area contributed by atoms with Crippen molar-refractivity contribution in [2.75, 3.05) is 19.8 Å². The highest BCUT2D eigenvalue weighted by Crippen LogP contribution is 2.30. The summed E-state index contributed by atoms with van der Waals surface area (Å²) in [6, 6.07) is 8.85. The topological polar surface area (TPSA) is 35.2 Å². The van der Waals surface area contributed by atoms with Crippen LogP contribution in [0.15, 0.2) is 24.3 Å². The van der Waals surface area contributed by atoms with E-state index >= 15 is 0 Å². The molecule has 0 unspecified atom stereocenters. The number of rotatable bonds is 4. The first-order valence-electron chi connectivity index (χ1n) is 5.64. The molecule has 0 spiro atoms. The van der Waals surface area contributed by atoms with Crippen LogP contribution >= 0.6 is 0 Å². The van der Waals surface area contributed by atoms with Gasteiger partial charge in [0.15, 0.2) is 0 Å². The monoisotopic (exact) mass is 205 g/mol. The molecule has 1 aromatic rings. The third-order valence-corrected chi connectivity index (χ3v) is 3.26. The van der Waals surface area contributed by atoms with Crippen LogP contribution in [0, 0.1) is 5.41 Å². The molecule has 1 aliphatic heterocycles. The third kappa shape index (κ3) is 2.21. The van der Waals surface area contributed by atoms with Gasteiger partial charge in [-0.3, -0.25) is 0 Å². The largest absolute Gasteiger partial charge is 0.380 e. The summed E-state index contributed by atoms with van der Waals surface area (Å²) >= 11 is 0. The molecule has 0 atom stereocenters. The second kappa shape index (κ2) is 4.33. The summed E-state index contributed by atoms with van der Waals surface area (Å²) in [6.07, 6.45) is 2.15. The minimum atomic E-state index is 0.216. The maximum Gasteiger partial charge on any atom is 0.0560 e. The van der Waals surface area contributed by atoms with E-state index < -0.39 is 0 Å². The first-order chi connectivity index (χ1) is 7.28. The van der Waals surface area contributed by atoms with Crippen LogP contribution in [0.4, 0.5) is 0 Å². The van der Waals surface area contributed by atoms with Crippen LogP contribution in [0.25, 0.3) is 0 Å². The van der Waals surface area contributed by atoms with Gasteiger partial charge in [-0.05, 0) is 24.0 Å². The fourth-order valence-corrected chi connectivity index (χ4v) is 2.01. The molecule has 2 rings (SSSR count). The summed E-state index contributed by atoms with van der Waals surface area (Å²) in [5.74, 6) is 0. The van der Waals surface area contributed by atoms with Crippen molar-refractivity contribution in [3.05, 3.63) is 35.4 Å². The lowest BCUT2D eigenvalue weighted by molar-refractivity contribution is -0.106. The van der Waals surface area contributed by atoms with E-state index in [0.717, 1.165) is 32.6 Å². The standard InChI is InChI=1S/C13H19NO/c1-2-11-3-5-12(6-4-11)7-13(8-14)9-15-10-13/h3-6H,2,7-10,14H2,1H3. The normalized spacial score (nSPS) is 18.5. The van der Waals surface area contributed by atoms with E-state index in [9.17, 15) is 0 Å². The molecule has 82 valence electrons. The first kappa shape index (κ1) is 10.7. The number of aryl methyl sites for hydroxylation is 1. The van der Waals surface area contributed by atoms with Crippen LogP contribution in [0.5, 0.6) is 0 Å². The first-order valence-corrected chi connectivity index (χ1v) is 5.64. The highest BCUT2D eigenvalue weighted by molar-refractivity contribution is 5.24. The maximum absolute atomic E-state index is 5.79. The molecular formula is C13H19NO. The SMILES string of the molecule is CCc1ccc(CC2(CN)COC2)cc1. The number of nitrogens with two attached hydrogens (primary N) is 1. The van der Waals surface area contributed by atoms with Crippen molar-refractivity contribution in [3.8, 4) is 0 Å². The van der Waals surface area contributed by atoms with Gasteiger partial charge in [0, 0.05) is 12.0 Å².